The Morgan fingerprint density at radius 1 is 1.14 bits per heavy atom. The molecule has 0 radical (unpaired) electrons. The zero-order valence-electron chi connectivity index (χ0n) is 16.5. The van der Waals surface area contributed by atoms with Gasteiger partial charge in [0.1, 0.15) is 0 Å². The van der Waals surface area contributed by atoms with Crippen molar-refractivity contribution in [1.82, 2.24) is 5.32 Å². The van der Waals surface area contributed by atoms with Gasteiger partial charge in [0, 0.05) is 36.6 Å². The lowest BCUT2D eigenvalue weighted by Crippen LogP contribution is -2.44. The minimum absolute atomic E-state index is 0.0711. The van der Waals surface area contributed by atoms with Crippen LogP contribution in [0.3, 0.4) is 0 Å². The van der Waals surface area contributed by atoms with E-state index in [0.717, 1.165) is 24.0 Å². The average molecular weight is 436 g/mol. The lowest BCUT2D eigenvalue weighted by Gasteiger charge is -2.38. The molecule has 0 aliphatic carbocycles. The first-order valence-corrected chi connectivity index (χ1v) is 11.7. The van der Waals surface area contributed by atoms with Crippen LogP contribution in [-0.4, -0.2) is 39.8 Å². The van der Waals surface area contributed by atoms with Gasteiger partial charge in [-0.05, 0) is 49.6 Å². The molecule has 1 aliphatic heterocycles. The van der Waals surface area contributed by atoms with Crippen LogP contribution in [0.5, 0.6) is 0 Å². The summed E-state index contributed by atoms with van der Waals surface area (Å²) in [5.74, 6) is -0.483. The van der Waals surface area contributed by atoms with Crippen molar-refractivity contribution >= 4 is 27.3 Å². The molecule has 0 unspecified atom stereocenters. The summed E-state index contributed by atoms with van der Waals surface area (Å²) in [4.78, 5) is 12.7. The highest BCUT2D eigenvalue weighted by Crippen LogP contribution is 2.35. The number of nitrogens with one attached hydrogen (secondary N) is 1. The number of aryl methyl sites for hydroxylation is 1. The molecule has 1 saturated heterocycles. The second kappa shape index (κ2) is 9.28. The molecule has 29 heavy (non-hydrogen) atoms. The summed E-state index contributed by atoms with van der Waals surface area (Å²) in [5, 5.41) is 3.60. The third kappa shape index (κ3) is 5.59. The summed E-state index contributed by atoms with van der Waals surface area (Å²) >= 11 is 6.17. The number of hydrogen-bond acceptors (Lipinski definition) is 4. The van der Waals surface area contributed by atoms with Crippen molar-refractivity contribution in [2.75, 3.05) is 25.5 Å². The molecule has 0 aromatic heterocycles. The van der Waals surface area contributed by atoms with Gasteiger partial charge in [-0.25, -0.2) is 8.42 Å². The van der Waals surface area contributed by atoms with Crippen LogP contribution in [-0.2, 0) is 24.8 Å². The van der Waals surface area contributed by atoms with Gasteiger partial charge >= 0.3 is 0 Å². The van der Waals surface area contributed by atoms with Gasteiger partial charge in [0.15, 0.2) is 9.84 Å². The Balaban J connectivity index is 1.62. The Bertz CT molecular complexity index is 951. The van der Waals surface area contributed by atoms with E-state index in [1.165, 1.54) is 0 Å². The fourth-order valence-electron chi connectivity index (χ4n) is 3.59. The first kappa shape index (κ1) is 21.8. The van der Waals surface area contributed by atoms with E-state index in [-0.39, 0.29) is 28.4 Å². The van der Waals surface area contributed by atoms with Crippen molar-refractivity contribution < 1.29 is 17.9 Å². The maximum Gasteiger partial charge on any atom is 0.221 e. The molecular weight excluding hydrogens is 410 g/mol. The number of benzene rings is 2. The fourth-order valence-corrected chi connectivity index (χ4v) is 5.03. The highest BCUT2D eigenvalue weighted by Gasteiger charge is 2.35. The second-order valence-corrected chi connectivity index (χ2v) is 10.1. The van der Waals surface area contributed by atoms with Crippen LogP contribution >= 0.6 is 11.6 Å². The van der Waals surface area contributed by atoms with Crippen molar-refractivity contribution in [3.05, 3.63) is 64.7 Å². The Kier molecular flexibility index (Phi) is 6.98. The zero-order valence-corrected chi connectivity index (χ0v) is 18.1. The van der Waals surface area contributed by atoms with Gasteiger partial charge in [-0.15, -0.1) is 0 Å². The van der Waals surface area contributed by atoms with E-state index < -0.39 is 9.84 Å². The Labute approximate surface area is 177 Å². The highest BCUT2D eigenvalue weighted by molar-refractivity contribution is 7.91. The number of amides is 1. The predicted octanol–water partition coefficient (Wildman–Crippen LogP) is 3.68. The minimum Gasteiger partial charge on any atom is -0.381 e. The van der Waals surface area contributed by atoms with Gasteiger partial charge in [-0.2, -0.15) is 0 Å². The molecule has 2 aromatic rings. The van der Waals surface area contributed by atoms with Crippen LogP contribution in [0.25, 0.3) is 0 Å². The van der Waals surface area contributed by atoms with E-state index >= 15 is 0 Å². The van der Waals surface area contributed by atoms with Crippen molar-refractivity contribution in [2.45, 2.75) is 36.5 Å². The Morgan fingerprint density at radius 3 is 2.48 bits per heavy atom. The van der Waals surface area contributed by atoms with Crippen LogP contribution in [0.15, 0.2) is 53.4 Å². The summed E-state index contributed by atoms with van der Waals surface area (Å²) in [6.07, 6.45) is 1.48. The van der Waals surface area contributed by atoms with Crippen LogP contribution in [0, 0.1) is 6.92 Å². The van der Waals surface area contributed by atoms with Crippen LogP contribution in [0.4, 0.5) is 0 Å². The first-order valence-electron chi connectivity index (χ1n) is 9.71. The molecule has 3 rings (SSSR count). The molecule has 1 heterocycles. The van der Waals surface area contributed by atoms with E-state index in [0.29, 0.717) is 24.8 Å². The van der Waals surface area contributed by atoms with Crippen molar-refractivity contribution in [3.63, 3.8) is 0 Å². The number of carbonyl (C=O) groups excluding carboxylic acids is 1. The van der Waals surface area contributed by atoms with Crippen LogP contribution in [0.1, 0.15) is 30.4 Å². The number of carbonyl (C=O) groups is 1. The molecule has 0 spiro atoms. The quantitative estimate of drug-likeness (QED) is 0.720. The molecule has 1 N–H and O–H groups in total. The molecule has 156 valence electrons. The molecule has 1 aliphatic rings. The first-order chi connectivity index (χ1) is 13.8. The van der Waals surface area contributed by atoms with E-state index in [2.05, 4.69) is 5.32 Å². The number of halogens is 1. The predicted molar refractivity (Wildman–Crippen MR) is 114 cm³/mol. The fraction of sp³-hybridized carbons (Fsp3) is 0.409. The van der Waals surface area contributed by atoms with Gasteiger partial charge in [-0.1, -0.05) is 41.4 Å². The van der Waals surface area contributed by atoms with E-state index in [9.17, 15) is 13.2 Å². The third-order valence-electron chi connectivity index (χ3n) is 5.49. The number of rotatable bonds is 7. The van der Waals surface area contributed by atoms with Crippen molar-refractivity contribution in [3.8, 4) is 0 Å². The molecular formula is C22H26ClNO4S. The average Bonchev–Trinajstić information content (AvgIpc) is 2.72. The largest absolute Gasteiger partial charge is 0.381 e. The summed E-state index contributed by atoms with van der Waals surface area (Å²) in [6, 6.07) is 14.4. The number of hydrogen-bond donors (Lipinski definition) is 1. The Hall–Kier alpha value is -1.89. The van der Waals surface area contributed by atoms with Crippen molar-refractivity contribution in [2.24, 2.45) is 0 Å². The SMILES string of the molecule is Cc1ccc(S(=O)(=O)CCC(=O)NCC2(c3cccc(Cl)c3)CCOCC2)cc1. The summed E-state index contributed by atoms with van der Waals surface area (Å²) < 4.78 is 30.4. The molecule has 0 saturated carbocycles. The summed E-state index contributed by atoms with van der Waals surface area (Å²) in [6.45, 7) is 3.56. The van der Waals surface area contributed by atoms with Gasteiger partial charge in [-0.3, -0.25) is 4.79 Å². The monoisotopic (exact) mass is 435 g/mol. The Morgan fingerprint density at radius 2 is 1.83 bits per heavy atom. The van der Waals surface area contributed by atoms with Crippen LogP contribution in [0.2, 0.25) is 5.02 Å². The van der Waals surface area contributed by atoms with Gasteiger partial charge < -0.3 is 10.1 Å². The number of sulfone groups is 1. The van der Waals surface area contributed by atoms with Gasteiger partial charge in [0.2, 0.25) is 5.91 Å². The smallest absolute Gasteiger partial charge is 0.221 e. The molecule has 0 atom stereocenters. The summed E-state index contributed by atoms with van der Waals surface area (Å²) in [5.41, 5.74) is 1.81. The minimum atomic E-state index is -3.49. The third-order valence-corrected chi connectivity index (χ3v) is 7.46. The topological polar surface area (TPSA) is 72.5 Å². The van der Waals surface area contributed by atoms with Gasteiger partial charge in [0.05, 0.1) is 10.6 Å². The summed E-state index contributed by atoms with van der Waals surface area (Å²) in [7, 11) is -3.49. The molecule has 0 bridgehead atoms. The maximum atomic E-state index is 12.5. The molecule has 5 nitrogen and oxygen atoms in total. The van der Waals surface area contributed by atoms with E-state index in [4.69, 9.17) is 16.3 Å². The van der Waals surface area contributed by atoms with Crippen LogP contribution < -0.4 is 5.32 Å². The zero-order chi connectivity index (χ0) is 20.9. The standard InChI is InChI=1S/C22H26ClNO4S/c1-17-5-7-20(8-6-17)29(26,27)14-9-21(25)24-16-22(10-12-28-13-11-22)18-3-2-4-19(23)15-18/h2-8,15H,9-14,16H2,1H3,(H,24,25). The lowest BCUT2D eigenvalue weighted by atomic mass is 9.74. The second-order valence-electron chi connectivity index (χ2n) is 7.56. The molecule has 7 heteroatoms. The van der Waals surface area contributed by atoms with E-state index in [1.54, 1.807) is 24.3 Å². The molecule has 1 fully saturated rings. The number of ether oxygens (including phenoxy) is 1. The maximum absolute atomic E-state index is 12.5. The normalized spacial score (nSPS) is 16.3. The highest BCUT2D eigenvalue weighted by atomic mass is 35.5. The lowest BCUT2D eigenvalue weighted by molar-refractivity contribution is -0.121. The van der Waals surface area contributed by atoms with Gasteiger partial charge in [0.25, 0.3) is 0 Å². The van der Waals surface area contributed by atoms with E-state index in [1.807, 2.05) is 31.2 Å². The molecule has 1 amide bonds. The molecule has 2 aromatic carbocycles. The van der Waals surface area contributed by atoms with Crippen molar-refractivity contribution in [1.29, 1.82) is 0 Å².